The SMILES string of the molecule is O=C(NCc1ccccn1)c1cc(N(Cc2ccccc2)c2ccccc2)ccn1. The maximum absolute atomic E-state index is 12.7. The highest BCUT2D eigenvalue weighted by Crippen LogP contribution is 2.27. The lowest BCUT2D eigenvalue weighted by molar-refractivity contribution is 0.0945. The Labute approximate surface area is 176 Å². The van der Waals surface area contributed by atoms with E-state index in [9.17, 15) is 4.79 Å². The van der Waals surface area contributed by atoms with E-state index in [2.05, 4.69) is 44.5 Å². The van der Waals surface area contributed by atoms with Crippen LogP contribution in [-0.4, -0.2) is 15.9 Å². The van der Waals surface area contributed by atoms with Crippen molar-refractivity contribution >= 4 is 17.3 Å². The third kappa shape index (κ3) is 4.89. The number of carbonyl (C=O) groups excluding carboxylic acids is 1. The van der Waals surface area contributed by atoms with Crippen molar-refractivity contribution in [3.05, 3.63) is 120 Å². The van der Waals surface area contributed by atoms with Crippen LogP contribution in [0.25, 0.3) is 0 Å². The zero-order chi connectivity index (χ0) is 20.6. The highest BCUT2D eigenvalue weighted by Gasteiger charge is 2.14. The average Bonchev–Trinajstić information content (AvgIpc) is 2.83. The molecule has 1 amide bonds. The second-order valence-electron chi connectivity index (χ2n) is 6.81. The molecule has 5 nitrogen and oxygen atoms in total. The van der Waals surface area contributed by atoms with Gasteiger partial charge in [-0.1, -0.05) is 54.6 Å². The second-order valence-corrected chi connectivity index (χ2v) is 6.81. The van der Waals surface area contributed by atoms with Crippen molar-refractivity contribution in [2.45, 2.75) is 13.1 Å². The molecule has 0 bridgehead atoms. The number of pyridine rings is 2. The van der Waals surface area contributed by atoms with Gasteiger partial charge in [-0.3, -0.25) is 14.8 Å². The molecule has 4 rings (SSSR count). The van der Waals surface area contributed by atoms with Crippen molar-refractivity contribution in [3.63, 3.8) is 0 Å². The number of benzene rings is 2. The molecule has 0 aliphatic carbocycles. The van der Waals surface area contributed by atoms with Crippen LogP contribution in [-0.2, 0) is 13.1 Å². The zero-order valence-corrected chi connectivity index (χ0v) is 16.5. The Morgan fingerprint density at radius 3 is 2.23 bits per heavy atom. The van der Waals surface area contributed by atoms with Crippen LogP contribution >= 0.6 is 0 Å². The Bertz CT molecular complexity index is 1090. The van der Waals surface area contributed by atoms with Crippen molar-refractivity contribution < 1.29 is 4.79 Å². The first-order chi connectivity index (χ1) is 14.8. The van der Waals surface area contributed by atoms with Crippen LogP contribution in [0.4, 0.5) is 11.4 Å². The van der Waals surface area contributed by atoms with E-state index in [-0.39, 0.29) is 5.91 Å². The summed E-state index contributed by atoms with van der Waals surface area (Å²) >= 11 is 0. The average molecular weight is 394 g/mol. The predicted molar refractivity (Wildman–Crippen MR) is 118 cm³/mol. The maximum atomic E-state index is 12.7. The monoisotopic (exact) mass is 394 g/mol. The molecule has 0 aliphatic rings. The molecule has 0 fully saturated rings. The van der Waals surface area contributed by atoms with Crippen LogP contribution in [0.5, 0.6) is 0 Å². The number of nitrogens with one attached hydrogen (secondary N) is 1. The summed E-state index contributed by atoms with van der Waals surface area (Å²) in [4.78, 5) is 23.3. The van der Waals surface area contributed by atoms with Crippen LogP contribution < -0.4 is 10.2 Å². The third-order valence-electron chi connectivity index (χ3n) is 4.70. The second kappa shape index (κ2) is 9.47. The van der Waals surface area contributed by atoms with Gasteiger partial charge in [-0.2, -0.15) is 0 Å². The van der Waals surface area contributed by atoms with Crippen molar-refractivity contribution in [2.24, 2.45) is 0 Å². The van der Waals surface area contributed by atoms with E-state index in [1.165, 1.54) is 5.56 Å². The normalized spacial score (nSPS) is 10.4. The first kappa shape index (κ1) is 19.3. The van der Waals surface area contributed by atoms with Gasteiger partial charge in [-0.15, -0.1) is 0 Å². The molecule has 2 aromatic carbocycles. The molecule has 30 heavy (non-hydrogen) atoms. The topological polar surface area (TPSA) is 58.1 Å². The minimum Gasteiger partial charge on any atom is -0.345 e. The van der Waals surface area contributed by atoms with Gasteiger partial charge in [0.15, 0.2) is 0 Å². The minimum absolute atomic E-state index is 0.227. The predicted octanol–water partition coefficient (Wildman–Crippen LogP) is 4.74. The molecule has 0 aliphatic heterocycles. The molecular weight excluding hydrogens is 372 g/mol. The largest absolute Gasteiger partial charge is 0.345 e. The van der Waals surface area contributed by atoms with Crippen LogP contribution in [0.1, 0.15) is 21.7 Å². The standard InChI is InChI=1S/C25H22N4O/c30-25(28-18-21-11-7-8-15-26-21)24-17-23(14-16-27-24)29(22-12-5-2-6-13-22)19-20-9-3-1-4-10-20/h1-17H,18-19H2,(H,28,30). The van der Waals surface area contributed by atoms with Gasteiger partial charge in [-0.05, 0) is 42.0 Å². The van der Waals surface area contributed by atoms with E-state index in [4.69, 9.17) is 0 Å². The quantitative estimate of drug-likeness (QED) is 0.492. The van der Waals surface area contributed by atoms with Crippen molar-refractivity contribution in [1.29, 1.82) is 0 Å². The number of rotatable bonds is 7. The Kier molecular flexibility index (Phi) is 6.11. The van der Waals surface area contributed by atoms with Crippen LogP contribution in [0.15, 0.2) is 103 Å². The lowest BCUT2D eigenvalue weighted by Gasteiger charge is -2.25. The molecule has 0 spiro atoms. The molecule has 2 aromatic heterocycles. The summed E-state index contributed by atoms with van der Waals surface area (Å²) in [5.41, 5.74) is 4.31. The number of para-hydroxylation sites is 1. The van der Waals surface area contributed by atoms with Gasteiger partial charge in [0.2, 0.25) is 0 Å². The Balaban J connectivity index is 1.57. The molecule has 0 atom stereocenters. The molecule has 148 valence electrons. The lowest BCUT2D eigenvalue weighted by Crippen LogP contribution is -2.25. The van der Waals surface area contributed by atoms with Gasteiger partial charge in [0, 0.05) is 30.3 Å². The Morgan fingerprint density at radius 1 is 0.767 bits per heavy atom. The van der Waals surface area contributed by atoms with Gasteiger partial charge in [-0.25, -0.2) is 0 Å². The van der Waals surface area contributed by atoms with E-state index in [1.807, 2.05) is 66.7 Å². The van der Waals surface area contributed by atoms with Gasteiger partial charge in [0.05, 0.1) is 12.2 Å². The zero-order valence-electron chi connectivity index (χ0n) is 16.5. The van der Waals surface area contributed by atoms with Gasteiger partial charge >= 0.3 is 0 Å². The number of amides is 1. The summed E-state index contributed by atoms with van der Waals surface area (Å²) in [6.07, 6.45) is 3.38. The van der Waals surface area contributed by atoms with Gasteiger partial charge < -0.3 is 10.2 Å². The van der Waals surface area contributed by atoms with Gasteiger partial charge in [0.25, 0.3) is 5.91 Å². The van der Waals surface area contributed by atoms with Crippen LogP contribution in [0.2, 0.25) is 0 Å². The summed E-state index contributed by atoms with van der Waals surface area (Å²) in [5.74, 6) is -0.227. The van der Waals surface area contributed by atoms with E-state index in [1.54, 1.807) is 12.4 Å². The van der Waals surface area contributed by atoms with E-state index >= 15 is 0 Å². The molecule has 1 N–H and O–H groups in total. The number of carbonyl (C=O) groups is 1. The van der Waals surface area contributed by atoms with E-state index in [0.29, 0.717) is 18.8 Å². The molecule has 0 unspecified atom stereocenters. The molecule has 4 aromatic rings. The molecular formula is C25H22N4O. The van der Waals surface area contributed by atoms with Crippen LogP contribution in [0.3, 0.4) is 0 Å². The van der Waals surface area contributed by atoms with Crippen LogP contribution in [0, 0.1) is 0 Å². The Morgan fingerprint density at radius 2 is 1.50 bits per heavy atom. The number of nitrogens with zero attached hydrogens (tertiary/aromatic N) is 3. The highest BCUT2D eigenvalue weighted by atomic mass is 16.1. The first-order valence-corrected chi connectivity index (χ1v) is 9.80. The fourth-order valence-electron chi connectivity index (χ4n) is 3.18. The lowest BCUT2D eigenvalue weighted by atomic mass is 10.1. The fraction of sp³-hybridized carbons (Fsp3) is 0.0800. The summed E-state index contributed by atoms with van der Waals surface area (Å²) in [6.45, 7) is 1.04. The van der Waals surface area contributed by atoms with Crippen molar-refractivity contribution in [2.75, 3.05) is 4.90 Å². The molecule has 0 saturated heterocycles. The molecule has 0 saturated carbocycles. The number of anilines is 2. The fourth-order valence-corrected chi connectivity index (χ4v) is 3.18. The summed E-state index contributed by atoms with van der Waals surface area (Å²) in [5, 5.41) is 2.89. The Hall–Kier alpha value is -3.99. The molecule has 2 heterocycles. The molecule has 0 radical (unpaired) electrons. The highest BCUT2D eigenvalue weighted by molar-refractivity contribution is 5.93. The number of aromatic nitrogens is 2. The summed E-state index contributed by atoms with van der Waals surface area (Å²) in [7, 11) is 0. The van der Waals surface area contributed by atoms with Crippen molar-refractivity contribution in [3.8, 4) is 0 Å². The van der Waals surface area contributed by atoms with Gasteiger partial charge in [0.1, 0.15) is 5.69 Å². The van der Waals surface area contributed by atoms with E-state index < -0.39 is 0 Å². The summed E-state index contributed by atoms with van der Waals surface area (Å²) in [6, 6.07) is 29.8. The minimum atomic E-state index is -0.227. The third-order valence-corrected chi connectivity index (χ3v) is 4.70. The smallest absolute Gasteiger partial charge is 0.270 e. The molecule has 5 heteroatoms. The number of hydrogen-bond acceptors (Lipinski definition) is 4. The maximum Gasteiger partial charge on any atom is 0.270 e. The summed E-state index contributed by atoms with van der Waals surface area (Å²) < 4.78 is 0. The van der Waals surface area contributed by atoms with E-state index in [0.717, 1.165) is 17.1 Å². The number of hydrogen-bond donors (Lipinski definition) is 1. The first-order valence-electron chi connectivity index (χ1n) is 9.80. The van der Waals surface area contributed by atoms with Crippen molar-refractivity contribution in [1.82, 2.24) is 15.3 Å².